The number of nitrogens with one attached hydrogen (secondary N) is 1. The summed E-state index contributed by atoms with van der Waals surface area (Å²) in [6, 6.07) is 6.81. The molecule has 0 radical (unpaired) electrons. The summed E-state index contributed by atoms with van der Waals surface area (Å²) in [7, 11) is 0. The summed E-state index contributed by atoms with van der Waals surface area (Å²) >= 11 is 0. The van der Waals surface area contributed by atoms with Crippen molar-refractivity contribution < 1.29 is 4.39 Å². The van der Waals surface area contributed by atoms with E-state index >= 15 is 0 Å². The molecule has 1 aromatic carbocycles. The lowest BCUT2D eigenvalue weighted by Crippen LogP contribution is -2.14. The number of fused-ring (bicyclic) bond motifs is 1. The Morgan fingerprint density at radius 1 is 1.16 bits per heavy atom. The van der Waals surface area contributed by atoms with Gasteiger partial charge in [-0.3, -0.25) is 0 Å². The molecule has 100 valence electrons. The summed E-state index contributed by atoms with van der Waals surface area (Å²) in [4.78, 5) is 4.45. The SMILES string of the molecule is NNc1nc2cc(F)ccc2cc1C1CCCCC1. The first kappa shape index (κ1) is 12.4. The van der Waals surface area contributed by atoms with Gasteiger partial charge in [0.1, 0.15) is 11.6 Å². The highest BCUT2D eigenvalue weighted by Crippen LogP contribution is 2.36. The minimum Gasteiger partial charge on any atom is -0.308 e. The molecule has 1 fully saturated rings. The number of anilines is 1. The van der Waals surface area contributed by atoms with Crippen molar-refractivity contribution in [2.45, 2.75) is 38.0 Å². The fraction of sp³-hybridized carbons (Fsp3) is 0.400. The van der Waals surface area contributed by atoms with Crippen LogP contribution >= 0.6 is 0 Å². The van der Waals surface area contributed by atoms with E-state index < -0.39 is 0 Å². The number of nitrogen functional groups attached to an aromatic ring is 1. The van der Waals surface area contributed by atoms with Crippen LogP contribution in [0.2, 0.25) is 0 Å². The van der Waals surface area contributed by atoms with Crippen molar-refractivity contribution >= 4 is 16.7 Å². The second-order valence-electron chi connectivity index (χ2n) is 5.24. The van der Waals surface area contributed by atoms with Gasteiger partial charge in [0.25, 0.3) is 0 Å². The molecule has 1 heterocycles. The largest absolute Gasteiger partial charge is 0.308 e. The Balaban J connectivity index is 2.09. The fourth-order valence-electron chi connectivity index (χ4n) is 3.00. The van der Waals surface area contributed by atoms with Gasteiger partial charge in [0.15, 0.2) is 0 Å². The van der Waals surface area contributed by atoms with Gasteiger partial charge in [-0.15, -0.1) is 0 Å². The second-order valence-corrected chi connectivity index (χ2v) is 5.24. The topological polar surface area (TPSA) is 50.9 Å². The molecule has 0 atom stereocenters. The Morgan fingerprint density at radius 3 is 2.68 bits per heavy atom. The smallest absolute Gasteiger partial charge is 0.144 e. The van der Waals surface area contributed by atoms with Crippen molar-refractivity contribution in [3.8, 4) is 0 Å². The molecular weight excluding hydrogens is 241 g/mol. The summed E-state index contributed by atoms with van der Waals surface area (Å²) in [5, 5.41) is 0.973. The van der Waals surface area contributed by atoms with E-state index in [1.807, 2.05) is 0 Å². The molecule has 3 nitrogen and oxygen atoms in total. The molecule has 0 spiro atoms. The number of nitrogens with zero attached hydrogens (tertiary/aromatic N) is 1. The zero-order valence-electron chi connectivity index (χ0n) is 10.8. The maximum atomic E-state index is 13.2. The van der Waals surface area contributed by atoms with Gasteiger partial charge in [-0.2, -0.15) is 0 Å². The Kier molecular flexibility index (Phi) is 3.34. The third-order valence-corrected chi connectivity index (χ3v) is 3.99. The number of aromatic nitrogens is 1. The van der Waals surface area contributed by atoms with Gasteiger partial charge in [-0.25, -0.2) is 15.2 Å². The van der Waals surface area contributed by atoms with Crippen LogP contribution in [-0.4, -0.2) is 4.98 Å². The van der Waals surface area contributed by atoms with Crippen molar-refractivity contribution in [3.63, 3.8) is 0 Å². The lowest BCUT2D eigenvalue weighted by Gasteiger charge is -2.24. The van der Waals surface area contributed by atoms with Gasteiger partial charge in [0.05, 0.1) is 5.52 Å². The van der Waals surface area contributed by atoms with E-state index in [1.54, 1.807) is 6.07 Å². The molecule has 0 amide bonds. The maximum Gasteiger partial charge on any atom is 0.144 e. The molecule has 2 aromatic rings. The van der Waals surface area contributed by atoms with Crippen LogP contribution in [0.5, 0.6) is 0 Å². The third kappa shape index (κ3) is 2.40. The molecule has 19 heavy (non-hydrogen) atoms. The van der Waals surface area contributed by atoms with E-state index in [1.165, 1.54) is 49.8 Å². The van der Waals surface area contributed by atoms with Gasteiger partial charge in [0.2, 0.25) is 0 Å². The molecular formula is C15H18FN3. The van der Waals surface area contributed by atoms with E-state index in [2.05, 4.69) is 16.5 Å². The number of hydrazine groups is 1. The molecule has 0 aliphatic heterocycles. The Morgan fingerprint density at radius 2 is 1.95 bits per heavy atom. The predicted molar refractivity (Wildman–Crippen MR) is 75.3 cm³/mol. The Hall–Kier alpha value is -1.68. The minimum absolute atomic E-state index is 0.270. The molecule has 0 saturated heterocycles. The quantitative estimate of drug-likeness (QED) is 0.638. The normalized spacial score (nSPS) is 16.7. The number of rotatable bonds is 2. The fourth-order valence-corrected chi connectivity index (χ4v) is 3.00. The van der Waals surface area contributed by atoms with Crippen LogP contribution in [-0.2, 0) is 0 Å². The average Bonchev–Trinajstić information content (AvgIpc) is 2.46. The van der Waals surface area contributed by atoms with E-state index in [9.17, 15) is 4.39 Å². The number of benzene rings is 1. The maximum absolute atomic E-state index is 13.2. The molecule has 3 N–H and O–H groups in total. The number of hydrogen-bond acceptors (Lipinski definition) is 3. The monoisotopic (exact) mass is 259 g/mol. The molecule has 1 aliphatic carbocycles. The van der Waals surface area contributed by atoms with Crippen LogP contribution in [0, 0.1) is 5.82 Å². The van der Waals surface area contributed by atoms with Gasteiger partial charge >= 0.3 is 0 Å². The first-order valence-corrected chi connectivity index (χ1v) is 6.85. The van der Waals surface area contributed by atoms with Crippen LogP contribution in [0.25, 0.3) is 10.9 Å². The summed E-state index contributed by atoms with van der Waals surface area (Å²) in [6.07, 6.45) is 6.20. The number of halogens is 1. The molecule has 0 bridgehead atoms. The third-order valence-electron chi connectivity index (χ3n) is 3.99. The number of pyridine rings is 1. The lowest BCUT2D eigenvalue weighted by molar-refractivity contribution is 0.444. The van der Waals surface area contributed by atoms with Crippen molar-refractivity contribution in [2.24, 2.45) is 5.84 Å². The van der Waals surface area contributed by atoms with Crippen LogP contribution in [0.15, 0.2) is 24.3 Å². The van der Waals surface area contributed by atoms with Crippen molar-refractivity contribution in [1.29, 1.82) is 0 Å². The molecule has 1 aliphatic rings. The van der Waals surface area contributed by atoms with Gasteiger partial charge in [-0.05, 0) is 42.5 Å². The average molecular weight is 259 g/mol. The molecule has 0 unspecified atom stereocenters. The zero-order valence-corrected chi connectivity index (χ0v) is 10.8. The van der Waals surface area contributed by atoms with Gasteiger partial charge < -0.3 is 5.43 Å². The second kappa shape index (κ2) is 5.13. The van der Waals surface area contributed by atoms with Gasteiger partial charge in [0, 0.05) is 11.5 Å². The van der Waals surface area contributed by atoms with E-state index in [4.69, 9.17) is 5.84 Å². The molecule has 3 rings (SSSR count). The standard InChI is InChI=1S/C15H18FN3/c16-12-7-6-11-8-13(10-4-2-1-3-5-10)15(19-17)18-14(11)9-12/h6-10H,1-5,17H2,(H,18,19). The van der Waals surface area contributed by atoms with Crippen molar-refractivity contribution in [3.05, 3.63) is 35.6 Å². The van der Waals surface area contributed by atoms with Crippen molar-refractivity contribution in [1.82, 2.24) is 4.98 Å². The number of nitrogens with two attached hydrogens (primary N) is 1. The highest BCUT2D eigenvalue weighted by atomic mass is 19.1. The minimum atomic E-state index is -0.270. The van der Waals surface area contributed by atoms with E-state index in [0.717, 1.165) is 5.39 Å². The van der Waals surface area contributed by atoms with Crippen LogP contribution < -0.4 is 11.3 Å². The highest BCUT2D eigenvalue weighted by molar-refractivity contribution is 5.82. The van der Waals surface area contributed by atoms with Crippen LogP contribution in [0.1, 0.15) is 43.6 Å². The van der Waals surface area contributed by atoms with Crippen molar-refractivity contribution in [2.75, 3.05) is 5.43 Å². The Bertz CT molecular complexity index is 591. The first-order chi connectivity index (χ1) is 9.28. The first-order valence-electron chi connectivity index (χ1n) is 6.85. The molecule has 1 saturated carbocycles. The summed E-state index contributed by atoms with van der Waals surface area (Å²) in [6.45, 7) is 0. The summed E-state index contributed by atoms with van der Waals surface area (Å²) in [5.41, 5.74) is 4.48. The molecule has 4 heteroatoms. The van der Waals surface area contributed by atoms with Gasteiger partial charge in [-0.1, -0.05) is 19.3 Å². The van der Waals surface area contributed by atoms with E-state index in [-0.39, 0.29) is 5.82 Å². The predicted octanol–water partition coefficient (Wildman–Crippen LogP) is 3.71. The van der Waals surface area contributed by atoms with Crippen LogP contribution in [0.4, 0.5) is 10.2 Å². The lowest BCUT2D eigenvalue weighted by atomic mass is 9.84. The number of hydrogen-bond donors (Lipinski definition) is 2. The molecule has 1 aromatic heterocycles. The highest BCUT2D eigenvalue weighted by Gasteiger charge is 2.19. The van der Waals surface area contributed by atoms with E-state index in [0.29, 0.717) is 17.3 Å². The van der Waals surface area contributed by atoms with Crippen LogP contribution in [0.3, 0.4) is 0 Å². The summed E-state index contributed by atoms with van der Waals surface area (Å²) < 4.78 is 13.2. The Labute approximate surface area is 112 Å². The summed E-state index contributed by atoms with van der Waals surface area (Å²) in [5.74, 6) is 6.51. The zero-order chi connectivity index (χ0) is 13.2.